The van der Waals surface area contributed by atoms with Gasteiger partial charge in [0.2, 0.25) is 5.91 Å². The monoisotopic (exact) mass is 283 g/mol. The average molecular weight is 283 g/mol. The Morgan fingerprint density at radius 3 is 2.40 bits per heavy atom. The molecule has 0 spiro atoms. The molecule has 6 nitrogen and oxygen atoms in total. The summed E-state index contributed by atoms with van der Waals surface area (Å²) >= 11 is 0. The SMILES string of the molecule is CC(C)C1(C(=O)O)CCN(C(=O)CN2CCNCC2)C1. The van der Waals surface area contributed by atoms with E-state index in [1.807, 2.05) is 13.8 Å². The van der Waals surface area contributed by atoms with Gasteiger partial charge in [0.05, 0.1) is 12.0 Å². The third-order valence-corrected chi connectivity index (χ3v) is 4.75. The Labute approximate surface area is 120 Å². The molecular weight excluding hydrogens is 258 g/mol. The smallest absolute Gasteiger partial charge is 0.311 e. The summed E-state index contributed by atoms with van der Waals surface area (Å²) in [5.41, 5.74) is -0.765. The zero-order chi connectivity index (χ0) is 14.8. The lowest BCUT2D eigenvalue weighted by Gasteiger charge is -2.30. The van der Waals surface area contributed by atoms with Gasteiger partial charge in [0.1, 0.15) is 0 Å². The average Bonchev–Trinajstić information content (AvgIpc) is 2.86. The van der Waals surface area contributed by atoms with Crippen LogP contribution in [0.5, 0.6) is 0 Å². The lowest BCUT2D eigenvalue weighted by Crippen LogP contribution is -2.48. The standard InChI is InChI=1S/C14H25N3O3/c1-11(2)14(13(19)20)3-6-17(10-14)12(18)9-16-7-4-15-5-8-16/h11,15H,3-10H2,1-2H3,(H,19,20). The molecule has 2 saturated heterocycles. The summed E-state index contributed by atoms with van der Waals surface area (Å²) < 4.78 is 0. The molecule has 2 rings (SSSR count). The molecule has 0 aromatic heterocycles. The molecule has 0 radical (unpaired) electrons. The van der Waals surface area contributed by atoms with Gasteiger partial charge < -0.3 is 15.3 Å². The van der Waals surface area contributed by atoms with E-state index in [2.05, 4.69) is 10.2 Å². The topological polar surface area (TPSA) is 72.9 Å². The summed E-state index contributed by atoms with van der Waals surface area (Å²) in [6.07, 6.45) is 0.563. The third-order valence-electron chi connectivity index (χ3n) is 4.75. The fourth-order valence-electron chi connectivity index (χ4n) is 3.10. The summed E-state index contributed by atoms with van der Waals surface area (Å²) in [6, 6.07) is 0. The van der Waals surface area contributed by atoms with Crippen molar-refractivity contribution in [2.24, 2.45) is 11.3 Å². The summed E-state index contributed by atoms with van der Waals surface area (Å²) in [5.74, 6) is -0.669. The minimum atomic E-state index is -0.773. The second-order valence-corrected chi connectivity index (χ2v) is 6.21. The minimum Gasteiger partial charge on any atom is -0.481 e. The van der Waals surface area contributed by atoms with Crippen LogP contribution in [-0.2, 0) is 9.59 Å². The van der Waals surface area contributed by atoms with Crippen molar-refractivity contribution in [2.75, 3.05) is 45.8 Å². The van der Waals surface area contributed by atoms with E-state index in [0.717, 1.165) is 26.2 Å². The van der Waals surface area contributed by atoms with Crippen LogP contribution in [0, 0.1) is 11.3 Å². The van der Waals surface area contributed by atoms with Crippen molar-refractivity contribution in [1.82, 2.24) is 15.1 Å². The highest BCUT2D eigenvalue weighted by molar-refractivity contribution is 5.82. The molecule has 1 amide bonds. The van der Waals surface area contributed by atoms with Crippen LogP contribution in [0.25, 0.3) is 0 Å². The maximum atomic E-state index is 12.3. The van der Waals surface area contributed by atoms with Crippen molar-refractivity contribution in [1.29, 1.82) is 0 Å². The lowest BCUT2D eigenvalue weighted by molar-refractivity contribution is -0.151. The Balaban J connectivity index is 1.94. The van der Waals surface area contributed by atoms with Crippen LogP contribution in [0.2, 0.25) is 0 Å². The first kappa shape index (κ1) is 15.3. The maximum Gasteiger partial charge on any atom is 0.311 e. The van der Waals surface area contributed by atoms with E-state index in [9.17, 15) is 14.7 Å². The van der Waals surface area contributed by atoms with Crippen LogP contribution < -0.4 is 5.32 Å². The number of carbonyl (C=O) groups is 2. The van der Waals surface area contributed by atoms with Gasteiger partial charge >= 0.3 is 5.97 Å². The van der Waals surface area contributed by atoms with Gasteiger partial charge in [-0.05, 0) is 12.3 Å². The Kier molecular flexibility index (Phi) is 4.65. The predicted octanol–water partition coefficient (Wildman–Crippen LogP) is -0.149. The summed E-state index contributed by atoms with van der Waals surface area (Å²) in [7, 11) is 0. The van der Waals surface area contributed by atoms with Crippen LogP contribution in [0.3, 0.4) is 0 Å². The van der Waals surface area contributed by atoms with Crippen molar-refractivity contribution in [3.8, 4) is 0 Å². The van der Waals surface area contributed by atoms with Gasteiger partial charge in [0, 0.05) is 39.3 Å². The lowest BCUT2D eigenvalue weighted by atomic mass is 9.76. The molecule has 0 aliphatic carbocycles. The molecule has 0 bridgehead atoms. The zero-order valence-electron chi connectivity index (χ0n) is 12.4. The zero-order valence-corrected chi connectivity index (χ0v) is 12.4. The van der Waals surface area contributed by atoms with Crippen LogP contribution in [-0.4, -0.2) is 72.6 Å². The Bertz CT molecular complexity index is 380. The quantitative estimate of drug-likeness (QED) is 0.751. The molecule has 2 heterocycles. The van der Waals surface area contributed by atoms with Crippen molar-refractivity contribution in [3.05, 3.63) is 0 Å². The Morgan fingerprint density at radius 2 is 1.90 bits per heavy atom. The molecule has 2 N–H and O–H groups in total. The van der Waals surface area contributed by atoms with Crippen molar-refractivity contribution < 1.29 is 14.7 Å². The van der Waals surface area contributed by atoms with E-state index < -0.39 is 11.4 Å². The third kappa shape index (κ3) is 2.96. The van der Waals surface area contributed by atoms with Crippen LogP contribution in [0.15, 0.2) is 0 Å². The summed E-state index contributed by atoms with van der Waals surface area (Å²) in [6.45, 7) is 8.78. The van der Waals surface area contributed by atoms with E-state index in [4.69, 9.17) is 0 Å². The first-order valence-corrected chi connectivity index (χ1v) is 7.40. The number of carboxylic acid groups (broad SMARTS) is 1. The second kappa shape index (κ2) is 6.10. The van der Waals surface area contributed by atoms with E-state index in [1.54, 1.807) is 4.90 Å². The second-order valence-electron chi connectivity index (χ2n) is 6.21. The molecule has 1 atom stereocenters. The number of carboxylic acids is 1. The number of amides is 1. The number of carbonyl (C=O) groups excluding carboxylic acids is 1. The number of aliphatic carboxylic acids is 1. The summed E-state index contributed by atoms with van der Waals surface area (Å²) in [4.78, 5) is 27.8. The van der Waals surface area contributed by atoms with E-state index >= 15 is 0 Å². The molecular formula is C14H25N3O3. The molecule has 1 unspecified atom stereocenters. The molecule has 6 heteroatoms. The van der Waals surface area contributed by atoms with Gasteiger partial charge in [-0.2, -0.15) is 0 Å². The van der Waals surface area contributed by atoms with Crippen LogP contribution in [0.4, 0.5) is 0 Å². The van der Waals surface area contributed by atoms with Crippen LogP contribution in [0.1, 0.15) is 20.3 Å². The highest BCUT2D eigenvalue weighted by atomic mass is 16.4. The van der Waals surface area contributed by atoms with Gasteiger partial charge in [0.25, 0.3) is 0 Å². The number of nitrogens with one attached hydrogen (secondary N) is 1. The Hall–Kier alpha value is -1.14. The number of nitrogens with zero attached hydrogens (tertiary/aromatic N) is 2. The molecule has 20 heavy (non-hydrogen) atoms. The van der Waals surface area contributed by atoms with Crippen LogP contribution >= 0.6 is 0 Å². The molecule has 114 valence electrons. The Morgan fingerprint density at radius 1 is 1.25 bits per heavy atom. The van der Waals surface area contributed by atoms with Gasteiger partial charge in [0.15, 0.2) is 0 Å². The molecule has 0 saturated carbocycles. The van der Waals surface area contributed by atoms with E-state index in [0.29, 0.717) is 26.1 Å². The van der Waals surface area contributed by atoms with E-state index in [-0.39, 0.29) is 11.8 Å². The van der Waals surface area contributed by atoms with Gasteiger partial charge in [-0.15, -0.1) is 0 Å². The highest BCUT2D eigenvalue weighted by Crippen LogP contribution is 2.38. The minimum absolute atomic E-state index is 0.0389. The fourth-order valence-corrected chi connectivity index (χ4v) is 3.10. The number of hydrogen-bond acceptors (Lipinski definition) is 4. The first-order chi connectivity index (χ1) is 9.45. The molecule has 2 aliphatic rings. The summed E-state index contributed by atoms with van der Waals surface area (Å²) in [5, 5.41) is 12.8. The van der Waals surface area contributed by atoms with E-state index in [1.165, 1.54) is 0 Å². The number of likely N-dealkylation sites (tertiary alicyclic amines) is 1. The van der Waals surface area contributed by atoms with Crippen molar-refractivity contribution in [2.45, 2.75) is 20.3 Å². The normalized spacial score (nSPS) is 28.1. The molecule has 2 aliphatic heterocycles. The number of hydrogen-bond donors (Lipinski definition) is 2. The maximum absolute atomic E-state index is 12.3. The van der Waals surface area contributed by atoms with Gasteiger partial charge in [-0.3, -0.25) is 14.5 Å². The molecule has 0 aromatic carbocycles. The van der Waals surface area contributed by atoms with Crippen molar-refractivity contribution >= 4 is 11.9 Å². The highest BCUT2D eigenvalue weighted by Gasteiger charge is 2.48. The largest absolute Gasteiger partial charge is 0.481 e. The van der Waals surface area contributed by atoms with Crippen molar-refractivity contribution in [3.63, 3.8) is 0 Å². The number of piperazine rings is 1. The van der Waals surface area contributed by atoms with Gasteiger partial charge in [-0.1, -0.05) is 13.8 Å². The molecule has 2 fully saturated rings. The first-order valence-electron chi connectivity index (χ1n) is 7.40. The number of rotatable bonds is 4. The molecule has 0 aromatic rings. The fraction of sp³-hybridized carbons (Fsp3) is 0.857. The predicted molar refractivity (Wildman–Crippen MR) is 75.4 cm³/mol. The van der Waals surface area contributed by atoms with Gasteiger partial charge in [-0.25, -0.2) is 0 Å².